The van der Waals surface area contributed by atoms with Gasteiger partial charge in [-0.3, -0.25) is 4.79 Å². The number of amides is 1. The third-order valence-corrected chi connectivity index (χ3v) is 4.19. The molecule has 3 heteroatoms. The first kappa shape index (κ1) is 13.9. The summed E-state index contributed by atoms with van der Waals surface area (Å²) in [5.74, 6) is 1.09. The molecule has 1 amide bonds. The van der Waals surface area contributed by atoms with Crippen LogP contribution in [-0.2, 0) is 11.2 Å². The van der Waals surface area contributed by atoms with E-state index in [-0.39, 0.29) is 5.91 Å². The van der Waals surface area contributed by atoms with Gasteiger partial charge in [0.2, 0.25) is 5.91 Å². The maximum absolute atomic E-state index is 12.2. The number of carbonyl (C=O) groups is 1. The summed E-state index contributed by atoms with van der Waals surface area (Å²) in [7, 11) is 1.92. The van der Waals surface area contributed by atoms with Crippen LogP contribution < -0.4 is 0 Å². The van der Waals surface area contributed by atoms with Gasteiger partial charge in [0, 0.05) is 31.7 Å². The van der Waals surface area contributed by atoms with Gasteiger partial charge < -0.3 is 9.47 Å². The average molecular weight is 282 g/mol. The lowest BCUT2D eigenvalue weighted by Gasteiger charge is -2.17. The van der Waals surface area contributed by atoms with E-state index in [1.807, 2.05) is 48.6 Å². The van der Waals surface area contributed by atoms with Crippen LogP contribution >= 0.6 is 0 Å². The van der Waals surface area contributed by atoms with E-state index in [4.69, 9.17) is 0 Å². The van der Waals surface area contributed by atoms with Crippen molar-refractivity contribution in [2.75, 3.05) is 13.6 Å². The molecule has 0 unspecified atom stereocenters. The molecule has 1 aliphatic rings. The highest BCUT2D eigenvalue weighted by atomic mass is 16.2. The molecule has 0 spiro atoms. The van der Waals surface area contributed by atoms with Crippen molar-refractivity contribution in [1.82, 2.24) is 9.47 Å². The van der Waals surface area contributed by atoms with Gasteiger partial charge in [0.1, 0.15) is 0 Å². The Morgan fingerprint density at radius 2 is 1.86 bits per heavy atom. The molecule has 1 aromatic carbocycles. The molecule has 110 valence electrons. The van der Waals surface area contributed by atoms with Gasteiger partial charge in [-0.2, -0.15) is 0 Å². The fourth-order valence-electron chi connectivity index (χ4n) is 2.51. The van der Waals surface area contributed by atoms with Crippen molar-refractivity contribution in [1.29, 1.82) is 0 Å². The lowest BCUT2D eigenvalue weighted by molar-refractivity contribution is -0.129. The minimum atomic E-state index is 0.212. The highest BCUT2D eigenvalue weighted by Gasteiger charge is 2.22. The topological polar surface area (TPSA) is 25.2 Å². The molecule has 3 nitrogen and oxygen atoms in total. The Morgan fingerprint density at radius 1 is 1.19 bits per heavy atom. The normalized spacial score (nSPS) is 14.1. The first-order valence-corrected chi connectivity index (χ1v) is 7.68. The minimum absolute atomic E-state index is 0.212. The molecule has 1 fully saturated rings. The first-order valence-electron chi connectivity index (χ1n) is 7.68. The van der Waals surface area contributed by atoms with E-state index in [1.54, 1.807) is 0 Å². The Morgan fingerprint density at radius 3 is 2.48 bits per heavy atom. The van der Waals surface area contributed by atoms with Gasteiger partial charge >= 0.3 is 0 Å². The van der Waals surface area contributed by atoms with Crippen molar-refractivity contribution in [3.8, 4) is 5.69 Å². The molecule has 0 saturated heterocycles. The summed E-state index contributed by atoms with van der Waals surface area (Å²) in [6, 6.07) is 12.2. The first-order chi connectivity index (χ1) is 10.2. The molecular formula is C18H22N2O. The van der Waals surface area contributed by atoms with Gasteiger partial charge in [0.15, 0.2) is 0 Å². The molecule has 3 rings (SSSR count). The zero-order chi connectivity index (χ0) is 14.7. The van der Waals surface area contributed by atoms with Crippen LogP contribution in [0.25, 0.3) is 5.69 Å². The Labute approximate surface area is 126 Å². The van der Waals surface area contributed by atoms with E-state index in [0.29, 0.717) is 6.42 Å². The van der Waals surface area contributed by atoms with E-state index in [2.05, 4.69) is 16.7 Å². The fourth-order valence-corrected chi connectivity index (χ4v) is 2.51. The van der Waals surface area contributed by atoms with Crippen molar-refractivity contribution in [2.45, 2.75) is 25.7 Å². The molecule has 21 heavy (non-hydrogen) atoms. The maximum Gasteiger partial charge on any atom is 0.226 e. The summed E-state index contributed by atoms with van der Waals surface area (Å²) in [5.41, 5.74) is 2.20. The van der Waals surface area contributed by atoms with Crippen LogP contribution in [-0.4, -0.2) is 29.0 Å². The van der Waals surface area contributed by atoms with Crippen molar-refractivity contribution in [2.24, 2.45) is 5.92 Å². The highest BCUT2D eigenvalue weighted by molar-refractivity contribution is 5.78. The SMILES string of the molecule is CN(CCC1CC1)C(=O)Cc1ccc(-n2cccc2)cc1. The van der Waals surface area contributed by atoms with Gasteiger partial charge in [-0.15, -0.1) is 0 Å². The molecule has 0 aliphatic heterocycles. The Kier molecular flexibility index (Phi) is 4.09. The Hall–Kier alpha value is -2.03. The summed E-state index contributed by atoms with van der Waals surface area (Å²) in [6.07, 6.45) is 8.39. The van der Waals surface area contributed by atoms with Crippen molar-refractivity contribution in [3.63, 3.8) is 0 Å². The van der Waals surface area contributed by atoms with Crippen LogP contribution in [0, 0.1) is 5.92 Å². The highest BCUT2D eigenvalue weighted by Crippen LogP contribution is 2.32. The predicted molar refractivity (Wildman–Crippen MR) is 84.5 cm³/mol. The Bertz CT molecular complexity index is 582. The number of likely N-dealkylation sites (N-methyl/N-ethyl adjacent to an activating group) is 1. The van der Waals surface area contributed by atoms with Crippen LogP contribution in [0.1, 0.15) is 24.8 Å². The summed E-state index contributed by atoms with van der Waals surface area (Å²) in [4.78, 5) is 14.1. The molecule has 0 bridgehead atoms. The number of hydrogen-bond donors (Lipinski definition) is 0. The fraction of sp³-hybridized carbons (Fsp3) is 0.389. The summed E-state index contributed by atoms with van der Waals surface area (Å²) < 4.78 is 2.06. The molecule has 1 aliphatic carbocycles. The second-order valence-corrected chi connectivity index (χ2v) is 5.98. The second-order valence-electron chi connectivity index (χ2n) is 5.98. The monoisotopic (exact) mass is 282 g/mol. The van der Waals surface area contributed by atoms with E-state index in [0.717, 1.165) is 30.1 Å². The van der Waals surface area contributed by atoms with Gasteiger partial charge in [-0.25, -0.2) is 0 Å². The van der Waals surface area contributed by atoms with E-state index in [1.165, 1.54) is 12.8 Å². The number of benzene rings is 1. The summed E-state index contributed by atoms with van der Waals surface area (Å²) in [6.45, 7) is 0.894. The molecule has 0 atom stereocenters. The van der Waals surface area contributed by atoms with Crippen molar-refractivity contribution >= 4 is 5.91 Å². The largest absolute Gasteiger partial charge is 0.345 e. The van der Waals surface area contributed by atoms with Crippen molar-refractivity contribution < 1.29 is 4.79 Å². The third-order valence-electron chi connectivity index (χ3n) is 4.19. The smallest absolute Gasteiger partial charge is 0.226 e. The predicted octanol–water partition coefficient (Wildman–Crippen LogP) is 3.28. The van der Waals surface area contributed by atoms with Crippen LogP contribution in [0.15, 0.2) is 48.8 Å². The molecule has 1 heterocycles. The molecule has 1 aromatic heterocycles. The lowest BCUT2D eigenvalue weighted by atomic mass is 10.1. The van der Waals surface area contributed by atoms with E-state index in [9.17, 15) is 4.79 Å². The number of rotatable bonds is 6. The Balaban J connectivity index is 1.55. The zero-order valence-electron chi connectivity index (χ0n) is 12.5. The molecule has 1 saturated carbocycles. The average Bonchev–Trinajstić information content (AvgIpc) is 3.17. The number of nitrogens with zero attached hydrogens (tertiary/aromatic N) is 2. The lowest BCUT2D eigenvalue weighted by Crippen LogP contribution is -2.29. The molecular weight excluding hydrogens is 260 g/mol. The van der Waals surface area contributed by atoms with Crippen LogP contribution in [0.2, 0.25) is 0 Å². The quantitative estimate of drug-likeness (QED) is 0.798. The molecule has 0 radical (unpaired) electrons. The van der Waals surface area contributed by atoms with Gasteiger partial charge in [0.05, 0.1) is 6.42 Å². The maximum atomic E-state index is 12.2. The number of hydrogen-bond acceptors (Lipinski definition) is 1. The van der Waals surface area contributed by atoms with Crippen LogP contribution in [0.3, 0.4) is 0 Å². The zero-order valence-corrected chi connectivity index (χ0v) is 12.5. The van der Waals surface area contributed by atoms with Crippen molar-refractivity contribution in [3.05, 3.63) is 54.4 Å². The van der Waals surface area contributed by atoms with Gasteiger partial charge in [0.25, 0.3) is 0 Å². The van der Waals surface area contributed by atoms with Crippen LogP contribution in [0.4, 0.5) is 0 Å². The molecule has 2 aromatic rings. The summed E-state index contributed by atoms with van der Waals surface area (Å²) in [5, 5.41) is 0. The third kappa shape index (κ3) is 3.75. The van der Waals surface area contributed by atoms with Gasteiger partial charge in [-0.05, 0) is 42.2 Å². The number of aromatic nitrogens is 1. The minimum Gasteiger partial charge on any atom is -0.345 e. The van der Waals surface area contributed by atoms with Gasteiger partial charge in [-0.1, -0.05) is 25.0 Å². The second kappa shape index (κ2) is 6.17. The number of carbonyl (C=O) groups excluding carboxylic acids is 1. The van der Waals surface area contributed by atoms with Crippen LogP contribution in [0.5, 0.6) is 0 Å². The summed E-state index contributed by atoms with van der Waals surface area (Å²) >= 11 is 0. The van der Waals surface area contributed by atoms with E-state index < -0.39 is 0 Å². The standard InChI is InChI=1S/C18H22N2O/c1-19(13-10-15-4-5-15)18(21)14-16-6-8-17(9-7-16)20-11-2-3-12-20/h2-3,6-9,11-12,15H,4-5,10,13-14H2,1H3. The van der Waals surface area contributed by atoms with E-state index >= 15 is 0 Å². The molecule has 0 N–H and O–H groups in total.